The lowest BCUT2D eigenvalue weighted by atomic mass is 9.93. The average molecular weight is 217 g/mol. The van der Waals surface area contributed by atoms with Crippen molar-refractivity contribution in [3.05, 3.63) is 47.2 Å². The Morgan fingerprint density at radius 3 is 2.38 bits per heavy atom. The van der Waals surface area contributed by atoms with Crippen molar-refractivity contribution in [2.45, 2.75) is 0 Å². The standard InChI is InChI=1S/C11H7NO4/c13-9-5-8(12-11(15)16)10(14)7-4-2-1-3-6(7)9/h1-5,12H,(H,15,16). The SMILES string of the molecule is O=C(O)NC1=CC(=O)c2ccccc2C1=O. The summed E-state index contributed by atoms with van der Waals surface area (Å²) < 4.78 is 0. The number of allylic oxidation sites excluding steroid dienone is 2. The van der Waals surface area contributed by atoms with Gasteiger partial charge in [0.05, 0.1) is 5.70 Å². The first-order valence-corrected chi connectivity index (χ1v) is 4.49. The summed E-state index contributed by atoms with van der Waals surface area (Å²) in [4.78, 5) is 33.7. The van der Waals surface area contributed by atoms with Gasteiger partial charge in [-0.25, -0.2) is 4.79 Å². The zero-order valence-electron chi connectivity index (χ0n) is 8.06. The van der Waals surface area contributed by atoms with Crippen LogP contribution in [-0.2, 0) is 0 Å². The molecule has 0 unspecified atom stereocenters. The summed E-state index contributed by atoms with van der Waals surface area (Å²) in [7, 11) is 0. The number of carboxylic acid groups (broad SMARTS) is 1. The summed E-state index contributed by atoms with van der Waals surface area (Å²) in [5.74, 6) is -0.864. The molecule has 0 fully saturated rings. The van der Waals surface area contributed by atoms with Gasteiger partial charge in [-0.2, -0.15) is 0 Å². The van der Waals surface area contributed by atoms with Crippen molar-refractivity contribution in [1.82, 2.24) is 5.32 Å². The number of rotatable bonds is 1. The number of benzene rings is 1. The minimum Gasteiger partial charge on any atom is -0.465 e. The van der Waals surface area contributed by atoms with E-state index in [0.29, 0.717) is 5.56 Å². The zero-order valence-corrected chi connectivity index (χ0v) is 8.06. The zero-order chi connectivity index (χ0) is 11.7. The van der Waals surface area contributed by atoms with Crippen LogP contribution in [0.3, 0.4) is 0 Å². The number of amides is 1. The van der Waals surface area contributed by atoms with Crippen LogP contribution in [0.5, 0.6) is 0 Å². The Bertz CT molecular complexity index is 531. The molecule has 0 saturated carbocycles. The monoisotopic (exact) mass is 217 g/mol. The Morgan fingerprint density at radius 2 is 1.75 bits per heavy atom. The van der Waals surface area contributed by atoms with E-state index in [1.54, 1.807) is 12.1 Å². The highest BCUT2D eigenvalue weighted by Gasteiger charge is 2.25. The minimum atomic E-state index is -1.37. The highest BCUT2D eigenvalue weighted by Crippen LogP contribution is 2.19. The van der Waals surface area contributed by atoms with Crippen molar-refractivity contribution >= 4 is 17.7 Å². The average Bonchev–Trinajstić information content (AvgIpc) is 2.25. The molecule has 2 rings (SSSR count). The number of fused-ring (bicyclic) bond motifs is 1. The molecule has 1 aliphatic rings. The molecule has 0 bridgehead atoms. The molecule has 0 spiro atoms. The summed E-state index contributed by atoms with van der Waals surface area (Å²) in [5, 5.41) is 10.4. The van der Waals surface area contributed by atoms with Crippen molar-refractivity contribution in [3.8, 4) is 0 Å². The third kappa shape index (κ3) is 1.58. The van der Waals surface area contributed by atoms with E-state index in [1.165, 1.54) is 12.1 Å². The molecular weight excluding hydrogens is 210 g/mol. The first-order valence-electron chi connectivity index (χ1n) is 4.49. The number of hydrogen-bond acceptors (Lipinski definition) is 3. The maximum atomic E-state index is 11.8. The molecule has 2 N–H and O–H groups in total. The Kier molecular flexibility index (Phi) is 2.28. The van der Waals surface area contributed by atoms with E-state index in [2.05, 4.69) is 0 Å². The fraction of sp³-hybridized carbons (Fsp3) is 0. The topological polar surface area (TPSA) is 83.5 Å². The van der Waals surface area contributed by atoms with Crippen LogP contribution in [0.25, 0.3) is 0 Å². The second-order valence-corrected chi connectivity index (χ2v) is 3.23. The van der Waals surface area contributed by atoms with Crippen LogP contribution in [0.1, 0.15) is 20.7 Å². The van der Waals surface area contributed by atoms with Crippen molar-refractivity contribution < 1.29 is 19.5 Å². The first-order chi connectivity index (χ1) is 7.59. The molecule has 0 saturated heterocycles. The van der Waals surface area contributed by atoms with Gasteiger partial charge >= 0.3 is 6.09 Å². The fourth-order valence-corrected chi connectivity index (χ4v) is 1.52. The lowest BCUT2D eigenvalue weighted by molar-refractivity contribution is 0.0977. The van der Waals surface area contributed by atoms with Crippen LogP contribution >= 0.6 is 0 Å². The molecule has 1 amide bonds. The molecule has 16 heavy (non-hydrogen) atoms. The molecule has 0 aliphatic heterocycles. The predicted octanol–water partition coefficient (Wildman–Crippen LogP) is 1.22. The summed E-state index contributed by atoms with van der Waals surface area (Å²) in [6.07, 6.45) is -0.370. The maximum absolute atomic E-state index is 11.8. The third-order valence-electron chi connectivity index (χ3n) is 2.20. The molecule has 1 aromatic rings. The molecule has 0 atom stereocenters. The van der Waals surface area contributed by atoms with Gasteiger partial charge in [0.15, 0.2) is 5.78 Å². The van der Waals surface area contributed by atoms with Gasteiger partial charge in [0.2, 0.25) is 5.78 Å². The Hall–Kier alpha value is -2.43. The van der Waals surface area contributed by atoms with Crippen LogP contribution in [-0.4, -0.2) is 22.8 Å². The molecule has 5 nitrogen and oxygen atoms in total. The first kappa shape index (κ1) is 10.1. The van der Waals surface area contributed by atoms with E-state index in [-0.39, 0.29) is 17.0 Å². The van der Waals surface area contributed by atoms with Crippen molar-refractivity contribution in [3.63, 3.8) is 0 Å². The van der Waals surface area contributed by atoms with Crippen molar-refractivity contribution in [2.24, 2.45) is 0 Å². The van der Waals surface area contributed by atoms with Gasteiger partial charge in [0, 0.05) is 17.2 Å². The third-order valence-corrected chi connectivity index (χ3v) is 2.20. The lowest BCUT2D eigenvalue weighted by Gasteiger charge is -2.13. The van der Waals surface area contributed by atoms with Crippen LogP contribution < -0.4 is 5.32 Å². The van der Waals surface area contributed by atoms with Gasteiger partial charge < -0.3 is 5.11 Å². The number of carbonyl (C=O) groups excluding carboxylic acids is 2. The quantitative estimate of drug-likeness (QED) is 0.740. The number of carbonyl (C=O) groups is 3. The normalized spacial score (nSPS) is 14.1. The second-order valence-electron chi connectivity index (χ2n) is 3.23. The van der Waals surface area contributed by atoms with Crippen LogP contribution in [0.2, 0.25) is 0 Å². The molecule has 0 heterocycles. The summed E-state index contributed by atoms with van der Waals surface area (Å²) in [6, 6.07) is 6.29. The number of ketones is 2. The number of hydrogen-bond donors (Lipinski definition) is 2. The fourth-order valence-electron chi connectivity index (χ4n) is 1.52. The Labute approximate surface area is 90.4 Å². The Morgan fingerprint density at radius 1 is 1.12 bits per heavy atom. The second kappa shape index (κ2) is 3.62. The highest BCUT2D eigenvalue weighted by molar-refractivity contribution is 6.24. The molecule has 1 aliphatic carbocycles. The van der Waals surface area contributed by atoms with Gasteiger partial charge in [0.25, 0.3) is 0 Å². The summed E-state index contributed by atoms with van der Waals surface area (Å²) >= 11 is 0. The van der Waals surface area contributed by atoms with Crippen LogP contribution in [0, 0.1) is 0 Å². The smallest absolute Gasteiger partial charge is 0.409 e. The lowest BCUT2D eigenvalue weighted by Crippen LogP contribution is -2.30. The number of Topliss-reactive ketones (excluding diaryl/α,β-unsaturated/α-hetero) is 1. The van der Waals surface area contributed by atoms with E-state index >= 15 is 0 Å². The molecule has 0 aromatic heterocycles. The van der Waals surface area contributed by atoms with Gasteiger partial charge in [-0.15, -0.1) is 0 Å². The minimum absolute atomic E-state index is 0.212. The van der Waals surface area contributed by atoms with Gasteiger partial charge in [0.1, 0.15) is 0 Å². The largest absolute Gasteiger partial charge is 0.465 e. The molecule has 80 valence electrons. The van der Waals surface area contributed by atoms with Crippen LogP contribution in [0.15, 0.2) is 36.0 Å². The number of nitrogens with one attached hydrogen (secondary N) is 1. The van der Waals surface area contributed by atoms with E-state index in [9.17, 15) is 14.4 Å². The van der Waals surface area contributed by atoms with Crippen molar-refractivity contribution in [2.75, 3.05) is 0 Å². The molecule has 1 aromatic carbocycles. The Balaban J connectivity index is 2.47. The predicted molar refractivity (Wildman–Crippen MR) is 54.3 cm³/mol. The maximum Gasteiger partial charge on any atom is 0.409 e. The summed E-state index contributed by atoms with van der Waals surface area (Å²) in [5.41, 5.74) is 0.304. The van der Waals surface area contributed by atoms with E-state index in [0.717, 1.165) is 6.08 Å². The molecular formula is C11H7NO4. The van der Waals surface area contributed by atoms with E-state index in [1.807, 2.05) is 5.32 Å². The highest BCUT2D eigenvalue weighted by atomic mass is 16.4. The summed E-state index contributed by atoms with van der Waals surface area (Å²) in [6.45, 7) is 0. The van der Waals surface area contributed by atoms with Gasteiger partial charge in [-0.1, -0.05) is 24.3 Å². The molecule has 5 heteroatoms. The van der Waals surface area contributed by atoms with Crippen molar-refractivity contribution in [1.29, 1.82) is 0 Å². The van der Waals surface area contributed by atoms with Gasteiger partial charge in [-0.05, 0) is 0 Å². The molecule has 0 radical (unpaired) electrons. The van der Waals surface area contributed by atoms with Gasteiger partial charge in [-0.3, -0.25) is 14.9 Å². The van der Waals surface area contributed by atoms with E-state index < -0.39 is 11.9 Å². The van der Waals surface area contributed by atoms with Crippen LogP contribution in [0.4, 0.5) is 4.79 Å². The van der Waals surface area contributed by atoms with E-state index in [4.69, 9.17) is 5.11 Å².